The molecule has 0 bridgehead atoms. The Labute approximate surface area is 120 Å². The highest BCUT2D eigenvalue weighted by Gasteiger charge is 2.27. The third kappa shape index (κ3) is 3.71. The molecule has 0 aromatic carbocycles. The Morgan fingerprint density at radius 2 is 2.11 bits per heavy atom. The van der Waals surface area contributed by atoms with E-state index in [0.717, 1.165) is 36.6 Å². The topological polar surface area (TPSA) is 47.1 Å². The lowest BCUT2D eigenvalue weighted by Gasteiger charge is -2.23. The fourth-order valence-corrected chi connectivity index (χ4v) is 3.17. The summed E-state index contributed by atoms with van der Waals surface area (Å²) in [7, 11) is 4.14. The standard InChI is InChI=1S/C14H25ClN4/c1-18(2)8-9-19-14(12(15)10-17-19)11-6-4-3-5-7-13(11)16/h10-11,13H,3-9,16H2,1-2H3. The summed E-state index contributed by atoms with van der Waals surface area (Å²) in [6, 6.07) is 0.217. The van der Waals surface area contributed by atoms with Gasteiger partial charge in [0.1, 0.15) is 0 Å². The van der Waals surface area contributed by atoms with Crippen molar-refractivity contribution in [3.8, 4) is 0 Å². The Hall–Kier alpha value is -0.580. The van der Waals surface area contributed by atoms with Crippen LogP contribution in [0.4, 0.5) is 0 Å². The van der Waals surface area contributed by atoms with Gasteiger partial charge in [0.25, 0.3) is 0 Å². The molecule has 1 saturated carbocycles. The number of rotatable bonds is 4. The summed E-state index contributed by atoms with van der Waals surface area (Å²) in [4.78, 5) is 2.16. The molecular weight excluding hydrogens is 260 g/mol. The highest BCUT2D eigenvalue weighted by molar-refractivity contribution is 6.31. The molecule has 1 heterocycles. The molecular formula is C14H25ClN4. The van der Waals surface area contributed by atoms with Crippen molar-refractivity contribution in [2.45, 2.75) is 50.6 Å². The number of nitrogens with zero attached hydrogens (tertiary/aromatic N) is 3. The quantitative estimate of drug-likeness (QED) is 0.864. The van der Waals surface area contributed by atoms with Crippen molar-refractivity contribution < 1.29 is 0 Å². The first-order valence-corrected chi connectivity index (χ1v) is 7.59. The van der Waals surface area contributed by atoms with Gasteiger partial charge in [-0.3, -0.25) is 4.68 Å². The molecule has 2 N–H and O–H groups in total. The molecule has 0 radical (unpaired) electrons. The predicted molar refractivity (Wildman–Crippen MR) is 79.6 cm³/mol. The Balaban J connectivity index is 2.19. The summed E-state index contributed by atoms with van der Waals surface area (Å²) in [5.41, 5.74) is 7.50. The van der Waals surface area contributed by atoms with E-state index in [2.05, 4.69) is 28.8 Å². The SMILES string of the molecule is CN(C)CCn1ncc(Cl)c1C1CCCCCC1N. The van der Waals surface area contributed by atoms with Gasteiger partial charge >= 0.3 is 0 Å². The van der Waals surface area contributed by atoms with E-state index in [-0.39, 0.29) is 6.04 Å². The van der Waals surface area contributed by atoms with E-state index in [9.17, 15) is 0 Å². The van der Waals surface area contributed by atoms with Crippen molar-refractivity contribution in [3.05, 3.63) is 16.9 Å². The van der Waals surface area contributed by atoms with Crippen LogP contribution in [0.2, 0.25) is 5.02 Å². The fourth-order valence-electron chi connectivity index (χ4n) is 2.89. The molecule has 5 heteroatoms. The molecule has 0 spiro atoms. The second kappa shape index (κ2) is 6.73. The molecule has 2 rings (SSSR count). The summed E-state index contributed by atoms with van der Waals surface area (Å²) >= 11 is 6.36. The van der Waals surface area contributed by atoms with Gasteiger partial charge < -0.3 is 10.6 Å². The minimum Gasteiger partial charge on any atom is -0.327 e. The summed E-state index contributed by atoms with van der Waals surface area (Å²) in [6.07, 6.45) is 7.76. The van der Waals surface area contributed by atoms with Crippen LogP contribution < -0.4 is 5.73 Å². The van der Waals surface area contributed by atoms with E-state index in [1.807, 2.05) is 0 Å². The summed E-state index contributed by atoms with van der Waals surface area (Å²) in [5, 5.41) is 5.21. The van der Waals surface area contributed by atoms with E-state index in [1.165, 1.54) is 19.3 Å². The zero-order valence-electron chi connectivity index (χ0n) is 12.0. The van der Waals surface area contributed by atoms with Gasteiger partial charge in [0.05, 0.1) is 23.5 Å². The molecule has 1 fully saturated rings. The van der Waals surface area contributed by atoms with Gasteiger partial charge in [0.2, 0.25) is 0 Å². The van der Waals surface area contributed by atoms with E-state index in [4.69, 9.17) is 17.3 Å². The number of likely N-dealkylation sites (N-methyl/N-ethyl adjacent to an activating group) is 1. The average molecular weight is 285 g/mol. The van der Waals surface area contributed by atoms with Crippen LogP contribution in [0.3, 0.4) is 0 Å². The van der Waals surface area contributed by atoms with Crippen molar-refractivity contribution in [2.24, 2.45) is 5.73 Å². The largest absolute Gasteiger partial charge is 0.327 e. The Morgan fingerprint density at radius 3 is 2.84 bits per heavy atom. The normalized spacial score (nSPS) is 24.7. The zero-order chi connectivity index (χ0) is 13.8. The number of hydrogen-bond donors (Lipinski definition) is 1. The van der Waals surface area contributed by atoms with Gasteiger partial charge in [-0.15, -0.1) is 0 Å². The summed E-state index contributed by atoms with van der Waals surface area (Å²) in [5.74, 6) is 0.361. The second-order valence-electron chi connectivity index (χ2n) is 5.81. The van der Waals surface area contributed by atoms with E-state index < -0.39 is 0 Å². The van der Waals surface area contributed by atoms with Crippen LogP contribution in [-0.4, -0.2) is 41.4 Å². The molecule has 108 valence electrons. The number of hydrogen-bond acceptors (Lipinski definition) is 3. The first kappa shape index (κ1) is 14.8. The average Bonchev–Trinajstić information content (AvgIpc) is 2.58. The predicted octanol–water partition coefficient (Wildman–Crippen LogP) is 2.47. The van der Waals surface area contributed by atoms with Crippen molar-refractivity contribution in [3.63, 3.8) is 0 Å². The smallest absolute Gasteiger partial charge is 0.0821 e. The molecule has 0 saturated heterocycles. The lowest BCUT2D eigenvalue weighted by molar-refractivity contribution is 0.360. The van der Waals surface area contributed by atoms with Crippen LogP contribution in [0.25, 0.3) is 0 Å². The third-order valence-corrected chi connectivity index (χ3v) is 4.30. The van der Waals surface area contributed by atoms with Crippen LogP contribution in [0.5, 0.6) is 0 Å². The summed E-state index contributed by atoms with van der Waals surface area (Å²) in [6.45, 7) is 1.84. The first-order chi connectivity index (χ1) is 9.09. The van der Waals surface area contributed by atoms with E-state index >= 15 is 0 Å². The van der Waals surface area contributed by atoms with Crippen LogP contribution in [0, 0.1) is 0 Å². The number of nitrogens with two attached hydrogens (primary N) is 1. The second-order valence-corrected chi connectivity index (χ2v) is 6.22. The van der Waals surface area contributed by atoms with Gasteiger partial charge in [-0.2, -0.15) is 5.10 Å². The molecule has 0 aliphatic heterocycles. The van der Waals surface area contributed by atoms with Crippen LogP contribution in [0.1, 0.15) is 43.7 Å². The minimum atomic E-state index is 0.217. The van der Waals surface area contributed by atoms with Crippen LogP contribution >= 0.6 is 11.6 Å². The Morgan fingerprint density at radius 1 is 1.37 bits per heavy atom. The van der Waals surface area contributed by atoms with Gasteiger partial charge in [-0.1, -0.05) is 30.9 Å². The molecule has 2 atom stereocenters. The highest BCUT2D eigenvalue weighted by atomic mass is 35.5. The molecule has 1 aliphatic carbocycles. The molecule has 1 aromatic heterocycles. The molecule has 4 nitrogen and oxygen atoms in total. The molecule has 1 aromatic rings. The molecule has 19 heavy (non-hydrogen) atoms. The lowest BCUT2D eigenvalue weighted by atomic mass is 9.92. The van der Waals surface area contributed by atoms with Crippen LogP contribution in [-0.2, 0) is 6.54 Å². The maximum absolute atomic E-state index is 6.36. The highest BCUT2D eigenvalue weighted by Crippen LogP contribution is 2.34. The van der Waals surface area contributed by atoms with Crippen molar-refractivity contribution in [2.75, 3.05) is 20.6 Å². The van der Waals surface area contributed by atoms with Crippen LogP contribution in [0.15, 0.2) is 6.20 Å². The maximum atomic E-state index is 6.36. The van der Waals surface area contributed by atoms with Crippen molar-refractivity contribution >= 4 is 11.6 Å². The zero-order valence-corrected chi connectivity index (χ0v) is 12.7. The minimum absolute atomic E-state index is 0.217. The lowest BCUT2D eigenvalue weighted by Crippen LogP contribution is -2.30. The van der Waals surface area contributed by atoms with E-state index in [0.29, 0.717) is 5.92 Å². The molecule has 2 unspecified atom stereocenters. The Kier molecular flexibility index (Phi) is 5.25. The van der Waals surface area contributed by atoms with Crippen molar-refractivity contribution in [1.82, 2.24) is 14.7 Å². The van der Waals surface area contributed by atoms with Gasteiger partial charge in [-0.05, 0) is 26.9 Å². The first-order valence-electron chi connectivity index (χ1n) is 7.21. The molecule has 0 amide bonds. The summed E-state index contributed by atoms with van der Waals surface area (Å²) < 4.78 is 2.05. The molecule has 1 aliphatic rings. The third-order valence-electron chi connectivity index (χ3n) is 4.01. The fraction of sp³-hybridized carbons (Fsp3) is 0.786. The van der Waals surface area contributed by atoms with Gasteiger partial charge in [0, 0.05) is 18.5 Å². The number of halogens is 1. The maximum Gasteiger partial charge on any atom is 0.0821 e. The Bertz CT molecular complexity index is 402. The van der Waals surface area contributed by atoms with Crippen molar-refractivity contribution in [1.29, 1.82) is 0 Å². The van der Waals surface area contributed by atoms with E-state index in [1.54, 1.807) is 6.20 Å². The number of aromatic nitrogens is 2. The monoisotopic (exact) mass is 284 g/mol. The van der Waals surface area contributed by atoms with Gasteiger partial charge in [-0.25, -0.2) is 0 Å². The van der Waals surface area contributed by atoms with Gasteiger partial charge in [0.15, 0.2) is 0 Å².